The lowest BCUT2D eigenvalue weighted by Gasteiger charge is -2.42. The zero-order chi connectivity index (χ0) is 9.92. The van der Waals surface area contributed by atoms with Crippen LogP contribution in [0.4, 0.5) is 0 Å². The van der Waals surface area contributed by atoms with Crippen molar-refractivity contribution >= 4 is 21.7 Å². The van der Waals surface area contributed by atoms with Crippen LogP contribution in [0.5, 0.6) is 0 Å². The molecule has 1 aliphatic heterocycles. The summed E-state index contributed by atoms with van der Waals surface area (Å²) in [5.41, 5.74) is 0. The summed E-state index contributed by atoms with van der Waals surface area (Å²) in [6, 6.07) is 0. The van der Waals surface area contributed by atoms with Crippen LogP contribution in [0.25, 0.3) is 0 Å². The number of Topliss-reactive ketones (excluding diaryl/α,β-unsaturated/α-hetero) is 1. The van der Waals surface area contributed by atoms with Gasteiger partial charge in [-0.25, -0.2) is 0 Å². The van der Waals surface area contributed by atoms with Crippen molar-refractivity contribution < 1.29 is 14.3 Å². The summed E-state index contributed by atoms with van der Waals surface area (Å²) in [5.74, 6) is 0.377. The number of methoxy groups -OCH3 is 1. The first-order valence-electron chi connectivity index (χ1n) is 5.08. The van der Waals surface area contributed by atoms with Crippen LogP contribution in [-0.4, -0.2) is 29.6 Å². The van der Waals surface area contributed by atoms with Gasteiger partial charge in [0.25, 0.3) is 0 Å². The number of hydrogen-bond donors (Lipinski definition) is 0. The Morgan fingerprint density at radius 3 is 3.00 bits per heavy atom. The van der Waals surface area contributed by atoms with Crippen molar-refractivity contribution in [1.82, 2.24) is 0 Å². The third-order valence-electron chi connectivity index (χ3n) is 3.93. The minimum atomic E-state index is -0.521. The fourth-order valence-electron chi connectivity index (χ4n) is 3.25. The fourth-order valence-corrected chi connectivity index (χ4v) is 4.37. The third kappa shape index (κ3) is 0.921. The van der Waals surface area contributed by atoms with Gasteiger partial charge in [-0.3, -0.25) is 4.79 Å². The molecule has 1 heterocycles. The largest absolute Gasteiger partial charge is 0.352 e. The highest BCUT2D eigenvalue weighted by molar-refractivity contribution is 9.09. The normalized spacial score (nSPS) is 55.4. The van der Waals surface area contributed by atoms with Gasteiger partial charge in [-0.15, -0.1) is 0 Å². The van der Waals surface area contributed by atoms with E-state index < -0.39 is 5.79 Å². The number of rotatable bonds is 1. The molecule has 0 radical (unpaired) electrons. The molecule has 0 N–H and O–H groups in total. The molecule has 4 heteroatoms. The monoisotopic (exact) mass is 260 g/mol. The van der Waals surface area contributed by atoms with Crippen LogP contribution in [0.2, 0.25) is 0 Å². The number of halogens is 1. The van der Waals surface area contributed by atoms with Crippen LogP contribution in [-0.2, 0) is 14.3 Å². The van der Waals surface area contributed by atoms with E-state index in [0.29, 0.717) is 11.7 Å². The van der Waals surface area contributed by atoms with E-state index in [1.165, 1.54) is 0 Å². The van der Waals surface area contributed by atoms with Crippen molar-refractivity contribution in [3.8, 4) is 0 Å². The Morgan fingerprint density at radius 2 is 2.29 bits per heavy atom. The highest BCUT2D eigenvalue weighted by atomic mass is 79.9. The number of carbonyl (C=O) groups is 1. The van der Waals surface area contributed by atoms with Gasteiger partial charge in [0.05, 0.1) is 4.83 Å². The average molecular weight is 261 g/mol. The lowest BCUT2D eigenvalue weighted by molar-refractivity contribution is -0.226. The van der Waals surface area contributed by atoms with Crippen molar-refractivity contribution in [2.75, 3.05) is 7.11 Å². The third-order valence-corrected chi connectivity index (χ3v) is 4.94. The quantitative estimate of drug-likeness (QED) is 0.671. The lowest BCUT2D eigenvalue weighted by atomic mass is 9.70. The van der Waals surface area contributed by atoms with E-state index in [1.54, 1.807) is 7.11 Å². The SMILES string of the molecule is CO[C@@]12O[C@H]3C[C@@H]1C[C@@H](C[C@H]2Br)C3=O. The minimum Gasteiger partial charge on any atom is -0.352 e. The zero-order valence-corrected chi connectivity index (χ0v) is 9.62. The molecule has 3 fully saturated rings. The second-order valence-electron chi connectivity index (χ2n) is 4.50. The Hall–Kier alpha value is 0.0700. The molecule has 3 aliphatic rings. The number of carbonyl (C=O) groups excluding carboxylic acids is 1. The standard InChI is InChI=1S/C10H13BrO3/c1-13-10-6-2-5(3-8(10)11)9(12)7(4-6)14-10/h5-8H,2-4H2,1H3/t5-,6-,7-,8+,10+/m0/s1. The zero-order valence-electron chi connectivity index (χ0n) is 8.03. The molecule has 2 saturated carbocycles. The van der Waals surface area contributed by atoms with E-state index in [9.17, 15) is 4.79 Å². The van der Waals surface area contributed by atoms with Crippen LogP contribution < -0.4 is 0 Å². The van der Waals surface area contributed by atoms with Gasteiger partial charge >= 0.3 is 0 Å². The van der Waals surface area contributed by atoms with E-state index in [-0.39, 0.29) is 16.8 Å². The number of ether oxygens (including phenoxy) is 2. The van der Waals surface area contributed by atoms with Crippen molar-refractivity contribution in [3.05, 3.63) is 0 Å². The fraction of sp³-hybridized carbons (Fsp3) is 0.900. The van der Waals surface area contributed by atoms with Gasteiger partial charge in [-0.2, -0.15) is 0 Å². The van der Waals surface area contributed by atoms with Crippen LogP contribution in [0.15, 0.2) is 0 Å². The topological polar surface area (TPSA) is 35.5 Å². The number of fused-ring (bicyclic) bond motifs is 2. The number of alkyl halides is 1. The summed E-state index contributed by atoms with van der Waals surface area (Å²) >= 11 is 3.60. The molecule has 3 nitrogen and oxygen atoms in total. The van der Waals surface area contributed by atoms with Crippen molar-refractivity contribution in [1.29, 1.82) is 0 Å². The Labute approximate surface area is 91.3 Å². The average Bonchev–Trinajstić information content (AvgIpc) is 2.48. The summed E-state index contributed by atoms with van der Waals surface area (Å²) in [5, 5.41) is 0. The molecule has 2 aliphatic carbocycles. The Balaban J connectivity index is 2.05. The maximum Gasteiger partial charge on any atom is 0.184 e. The molecule has 3 rings (SSSR count). The van der Waals surface area contributed by atoms with Crippen LogP contribution in [0.3, 0.4) is 0 Å². The Bertz CT molecular complexity index is 291. The summed E-state index contributed by atoms with van der Waals surface area (Å²) < 4.78 is 11.4. The van der Waals surface area contributed by atoms with Crippen LogP contribution in [0, 0.1) is 11.8 Å². The Morgan fingerprint density at radius 1 is 1.50 bits per heavy atom. The van der Waals surface area contributed by atoms with E-state index in [1.807, 2.05) is 0 Å². The van der Waals surface area contributed by atoms with Crippen LogP contribution >= 0.6 is 15.9 Å². The Kier molecular flexibility index (Phi) is 1.86. The highest BCUT2D eigenvalue weighted by Crippen LogP contribution is 2.55. The molecule has 0 unspecified atom stereocenters. The lowest BCUT2D eigenvalue weighted by Crippen LogP contribution is -2.50. The molecule has 78 valence electrons. The summed E-state index contributed by atoms with van der Waals surface area (Å²) in [7, 11) is 1.68. The minimum absolute atomic E-state index is 0.167. The van der Waals surface area contributed by atoms with Gasteiger partial charge in [-0.05, 0) is 19.3 Å². The predicted molar refractivity (Wildman–Crippen MR) is 53.2 cm³/mol. The van der Waals surface area contributed by atoms with Gasteiger partial charge in [0.1, 0.15) is 6.10 Å². The van der Waals surface area contributed by atoms with Gasteiger partial charge in [0.2, 0.25) is 0 Å². The molecule has 0 aromatic carbocycles. The first-order valence-corrected chi connectivity index (χ1v) is 5.99. The second kappa shape index (κ2) is 2.80. The van der Waals surface area contributed by atoms with E-state index in [4.69, 9.17) is 9.47 Å². The molecule has 0 aromatic rings. The molecule has 5 atom stereocenters. The number of ketones is 1. The smallest absolute Gasteiger partial charge is 0.184 e. The molecule has 14 heavy (non-hydrogen) atoms. The van der Waals surface area contributed by atoms with Gasteiger partial charge in [-0.1, -0.05) is 15.9 Å². The second-order valence-corrected chi connectivity index (χ2v) is 5.61. The molecule has 0 spiro atoms. The molecule has 1 saturated heterocycles. The van der Waals surface area contributed by atoms with Crippen molar-refractivity contribution in [2.24, 2.45) is 11.8 Å². The molecular formula is C10H13BrO3. The van der Waals surface area contributed by atoms with Crippen LogP contribution in [0.1, 0.15) is 19.3 Å². The maximum absolute atomic E-state index is 11.8. The predicted octanol–water partition coefficient (Wildman–Crippen LogP) is 1.49. The maximum atomic E-state index is 11.8. The van der Waals surface area contributed by atoms with Crippen molar-refractivity contribution in [2.45, 2.75) is 36.0 Å². The number of hydrogen-bond acceptors (Lipinski definition) is 3. The van der Waals surface area contributed by atoms with Gasteiger partial charge in [0.15, 0.2) is 11.6 Å². The summed E-state index contributed by atoms with van der Waals surface area (Å²) in [6.07, 6.45) is 2.47. The van der Waals surface area contributed by atoms with Gasteiger partial charge in [0, 0.05) is 18.9 Å². The molecule has 3 bridgehead atoms. The first-order chi connectivity index (χ1) is 6.67. The summed E-state index contributed by atoms with van der Waals surface area (Å²) in [6.45, 7) is 0. The van der Waals surface area contributed by atoms with E-state index in [2.05, 4.69) is 15.9 Å². The summed E-state index contributed by atoms with van der Waals surface area (Å²) in [4.78, 5) is 12.0. The molecule has 0 amide bonds. The van der Waals surface area contributed by atoms with Crippen molar-refractivity contribution in [3.63, 3.8) is 0 Å². The van der Waals surface area contributed by atoms with E-state index in [0.717, 1.165) is 19.3 Å². The first kappa shape index (κ1) is 9.31. The van der Waals surface area contributed by atoms with E-state index >= 15 is 0 Å². The van der Waals surface area contributed by atoms with Gasteiger partial charge < -0.3 is 9.47 Å². The molecule has 0 aromatic heterocycles. The molecular weight excluding hydrogens is 248 g/mol. The highest BCUT2D eigenvalue weighted by Gasteiger charge is 2.63.